The van der Waals surface area contributed by atoms with Crippen LogP contribution in [-0.2, 0) is 0 Å². The largest absolute Gasteiger partial charge is 0.338 e. The minimum Gasteiger partial charge on any atom is -0.338 e. The molecule has 0 atom stereocenters. The van der Waals surface area contributed by atoms with Gasteiger partial charge in [-0.2, -0.15) is 0 Å². The molecule has 0 fully saturated rings. The summed E-state index contributed by atoms with van der Waals surface area (Å²) in [5.41, 5.74) is 1.40. The minimum absolute atomic E-state index is 0.253. The van der Waals surface area contributed by atoms with Crippen LogP contribution in [0.25, 0.3) is 22.4 Å². The minimum atomic E-state index is -0.400. The lowest BCUT2D eigenvalue weighted by molar-refractivity contribution is 0.628. The van der Waals surface area contributed by atoms with E-state index in [0.29, 0.717) is 21.4 Å². The highest BCUT2D eigenvalue weighted by molar-refractivity contribution is 9.10. The van der Waals surface area contributed by atoms with E-state index >= 15 is 0 Å². The maximum atomic E-state index is 13.5. The van der Waals surface area contributed by atoms with E-state index in [4.69, 9.17) is 0 Å². The van der Waals surface area contributed by atoms with Gasteiger partial charge in [-0.3, -0.25) is 0 Å². The maximum Gasteiger partial charge on any atom is 0.151 e. The van der Waals surface area contributed by atoms with E-state index in [2.05, 4.69) is 25.9 Å². The van der Waals surface area contributed by atoms with Gasteiger partial charge in [0.15, 0.2) is 5.82 Å². The summed E-state index contributed by atoms with van der Waals surface area (Å²) < 4.78 is 27.5. The highest BCUT2D eigenvalue weighted by Crippen LogP contribution is 2.29. The van der Waals surface area contributed by atoms with Crippen LogP contribution in [-0.4, -0.2) is 9.97 Å². The Kier molecular flexibility index (Phi) is 2.63. The van der Waals surface area contributed by atoms with E-state index in [-0.39, 0.29) is 11.3 Å². The van der Waals surface area contributed by atoms with Gasteiger partial charge in [-0.25, -0.2) is 13.8 Å². The fraction of sp³-hybridized carbons (Fsp3) is 0. The van der Waals surface area contributed by atoms with Crippen LogP contribution < -0.4 is 0 Å². The number of benzene rings is 2. The van der Waals surface area contributed by atoms with Gasteiger partial charge in [-0.1, -0.05) is 22.0 Å². The SMILES string of the molecule is Fc1ccc(Br)c(-c2nc3c(F)cccc3[nH]2)c1. The van der Waals surface area contributed by atoms with Gasteiger partial charge in [0.05, 0.1) is 5.52 Å². The summed E-state index contributed by atoms with van der Waals surface area (Å²) >= 11 is 3.32. The molecule has 3 rings (SSSR count). The lowest BCUT2D eigenvalue weighted by Gasteiger charge is -2.00. The third-order valence-corrected chi connectivity index (χ3v) is 3.34. The zero-order chi connectivity index (χ0) is 12.7. The number of nitrogens with zero attached hydrogens (tertiary/aromatic N) is 1. The Bertz CT molecular complexity index is 737. The second kappa shape index (κ2) is 4.17. The number of halogens is 3. The van der Waals surface area contributed by atoms with Gasteiger partial charge in [0.2, 0.25) is 0 Å². The summed E-state index contributed by atoms with van der Waals surface area (Å²) in [6, 6.07) is 8.95. The van der Waals surface area contributed by atoms with Crippen molar-refractivity contribution in [3.8, 4) is 11.4 Å². The number of hydrogen-bond acceptors (Lipinski definition) is 1. The number of para-hydroxylation sites is 1. The number of aromatic nitrogens is 2. The molecule has 1 aromatic heterocycles. The molecule has 0 aliphatic rings. The highest BCUT2D eigenvalue weighted by Gasteiger charge is 2.11. The molecule has 0 unspecified atom stereocenters. The summed E-state index contributed by atoms with van der Waals surface area (Å²) in [7, 11) is 0. The number of aromatic amines is 1. The van der Waals surface area contributed by atoms with Gasteiger partial charge in [0.25, 0.3) is 0 Å². The number of H-pyrrole nitrogens is 1. The van der Waals surface area contributed by atoms with Crippen LogP contribution >= 0.6 is 15.9 Å². The van der Waals surface area contributed by atoms with Crippen LogP contribution in [0.2, 0.25) is 0 Å². The molecule has 1 heterocycles. The molecule has 0 bridgehead atoms. The van der Waals surface area contributed by atoms with Gasteiger partial charge >= 0.3 is 0 Å². The van der Waals surface area contributed by atoms with Crippen LogP contribution in [0.15, 0.2) is 40.9 Å². The third-order valence-electron chi connectivity index (χ3n) is 2.65. The number of imidazole rings is 1. The molecule has 0 saturated carbocycles. The highest BCUT2D eigenvalue weighted by atomic mass is 79.9. The lowest BCUT2D eigenvalue weighted by Crippen LogP contribution is -1.84. The lowest BCUT2D eigenvalue weighted by atomic mass is 10.2. The molecule has 0 spiro atoms. The zero-order valence-corrected chi connectivity index (χ0v) is 10.6. The first kappa shape index (κ1) is 11.3. The molecule has 5 heteroatoms. The topological polar surface area (TPSA) is 28.7 Å². The van der Waals surface area contributed by atoms with Crippen LogP contribution in [0.4, 0.5) is 8.78 Å². The van der Waals surface area contributed by atoms with Crippen molar-refractivity contribution in [2.24, 2.45) is 0 Å². The van der Waals surface area contributed by atoms with Crippen molar-refractivity contribution < 1.29 is 8.78 Å². The van der Waals surface area contributed by atoms with Crippen molar-refractivity contribution in [1.29, 1.82) is 0 Å². The van der Waals surface area contributed by atoms with Crippen LogP contribution in [0.1, 0.15) is 0 Å². The number of rotatable bonds is 1. The molecular formula is C13H7BrF2N2. The van der Waals surface area contributed by atoms with E-state index in [9.17, 15) is 8.78 Å². The van der Waals surface area contributed by atoms with E-state index in [1.165, 1.54) is 18.2 Å². The second-order valence-corrected chi connectivity index (χ2v) is 4.70. The molecule has 1 N–H and O–H groups in total. The van der Waals surface area contributed by atoms with Crippen LogP contribution in [0.5, 0.6) is 0 Å². The first-order chi connectivity index (χ1) is 8.65. The Morgan fingerprint density at radius 3 is 2.72 bits per heavy atom. The number of nitrogens with one attached hydrogen (secondary N) is 1. The quantitative estimate of drug-likeness (QED) is 0.714. The van der Waals surface area contributed by atoms with Crippen LogP contribution in [0, 0.1) is 11.6 Å². The third kappa shape index (κ3) is 1.80. The maximum absolute atomic E-state index is 13.5. The predicted octanol–water partition coefficient (Wildman–Crippen LogP) is 4.27. The van der Waals surface area contributed by atoms with Crippen molar-refractivity contribution in [1.82, 2.24) is 9.97 Å². The van der Waals surface area contributed by atoms with Gasteiger partial charge in [0, 0.05) is 10.0 Å². The van der Waals surface area contributed by atoms with Gasteiger partial charge in [0.1, 0.15) is 17.2 Å². The smallest absolute Gasteiger partial charge is 0.151 e. The van der Waals surface area contributed by atoms with Crippen molar-refractivity contribution in [3.05, 3.63) is 52.5 Å². The average molecular weight is 309 g/mol. The Morgan fingerprint density at radius 2 is 1.94 bits per heavy atom. The second-order valence-electron chi connectivity index (χ2n) is 3.85. The van der Waals surface area contributed by atoms with Crippen molar-refractivity contribution in [2.75, 3.05) is 0 Å². The predicted molar refractivity (Wildman–Crippen MR) is 69.1 cm³/mol. The first-order valence-electron chi connectivity index (χ1n) is 5.25. The molecule has 18 heavy (non-hydrogen) atoms. The molecule has 0 saturated heterocycles. The first-order valence-corrected chi connectivity index (χ1v) is 6.04. The number of hydrogen-bond donors (Lipinski definition) is 1. The molecule has 0 aliphatic carbocycles. The fourth-order valence-corrected chi connectivity index (χ4v) is 2.24. The molecule has 0 radical (unpaired) electrons. The van der Waals surface area contributed by atoms with Crippen molar-refractivity contribution in [2.45, 2.75) is 0 Å². The Morgan fingerprint density at radius 1 is 1.11 bits per heavy atom. The molecule has 90 valence electrons. The summed E-state index contributed by atoms with van der Waals surface area (Å²) in [5, 5.41) is 0. The van der Waals surface area contributed by atoms with E-state index < -0.39 is 5.82 Å². The van der Waals surface area contributed by atoms with Gasteiger partial charge in [-0.05, 0) is 30.3 Å². The summed E-state index contributed by atoms with van der Waals surface area (Å²) in [6.07, 6.45) is 0. The molecule has 0 aliphatic heterocycles. The Labute approximate surface area is 110 Å². The van der Waals surface area contributed by atoms with E-state index in [1.807, 2.05) is 0 Å². The summed E-state index contributed by atoms with van der Waals surface area (Å²) in [5.74, 6) is -0.335. The zero-order valence-electron chi connectivity index (χ0n) is 9.05. The molecule has 2 nitrogen and oxygen atoms in total. The van der Waals surface area contributed by atoms with Crippen molar-refractivity contribution in [3.63, 3.8) is 0 Å². The molecular weight excluding hydrogens is 302 g/mol. The summed E-state index contributed by atoms with van der Waals surface area (Å²) in [6.45, 7) is 0. The summed E-state index contributed by atoms with van der Waals surface area (Å²) in [4.78, 5) is 7.13. The van der Waals surface area contributed by atoms with Crippen molar-refractivity contribution >= 4 is 27.0 Å². The standard InChI is InChI=1S/C13H7BrF2N2/c14-9-5-4-7(15)6-8(9)13-17-11-3-1-2-10(16)12(11)18-13/h1-6H,(H,17,18). The van der Waals surface area contributed by atoms with Crippen LogP contribution in [0.3, 0.4) is 0 Å². The monoisotopic (exact) mass is 308 g/mol. The molecule has 3 aromatic rings. The molecule has 0 amide bonds. The average Bonchev–Trinajstić information content (AvgIpc) is 2.77. The Hall–Kier alpha value is -1.75. The van der Waals surface area contributed by atoms with Gasteiger partial charge in [-0.15, -0.1) is 0 Å². The Balaban J connectivity index is 2.26. The normalized spacial score (nSPS) is 11.1. The van der Waals surface area contributed by atoms with Gasteiger partial charge < -0.3 is 4.98 Å². The van der Waals surface area contributed by atoms with E-state index in [1.54, 1.807) is 18.2 Å². The molecule has 2 aromatic carbocycles. The fourth-order valence-electron chi connectivity index (χ4n) is 1.80. The number of fused-ring (bicyclic) bond motifs is 1. The van der Waals surface area contributed by atoms with E-state index in [0.717, 1.165) is 0 Å².